The third kappa shape index (κ3) is 4.29. The number of nitrogens with one attached hydrogen (secondary N) is 1. The molecule has 1 fully saturated rings. The largest absolute Gasteiger partial charge is 0.381 e. The predicted octanol–water partition coefficient (Wildman–Crippen LogP) is 4.76. The molecule has 3 rings (SSSR count). The number of nitrogens with zero attached hydrogens (tertiary/aromatic N) is 2. The van der Waals surface area contributed by atoms with Gasteiger partial charge in [-0.3, -0.25) is 10.1 Å². The van der Waals surface area contributed by atoms with Gasteiger partial charge in [0, 0.05) is 31.4 Å². The van der Waals surface area contributed by atoms with Crippen molar-refractivity contribution < 1.29 is 4.92 Å². The standard InChI is InChI=1S/C20H25N3O2/c1-2-16-6-9-18(10-7-16)21-15-17-8-11-19(20(14-17)23(24)25)22-12-4-3-5-13-22/h6-11,14,21H,2-5,12-13,15H2,1H3. The average Bonchev–Trinajstić information content (AvgIpc) is 2.67. The number of hydrogen-bond acceptors (Lipinski definition) is 4. The molecule has 2 aromatic rings. The van der Waals surface area contributed by atoms with Gasteiger partial charge in [-0.2, -0.15) is 0 Å². The van der Waals surface area contributed by atoms with Crippen LogP contribution in [0, 0.1) is 10.1 Å². The minimum Gasteiger partial charge on any atom is -0.381 e. The monoisotopic (exact) mass is 339 g/mol. The Balaban J connectivity index is 1.73. The normalized spacial score (nSPS) is 14.4. The Morgan fingerprint density at radius 1 is 1.04 bits per heavy atom. The summed E-state index contributed by atoms with van der Waals surface area (Å²) in [7, 11) is 0. The Labute approximate surface area is 148 Å². The van der Waals surface area contributed by atoms with Crippen LogP contribution in [0.25, 0.3) is 0 Å². The van der Waals surface area contributed by atoms with Gasteiger partial charge in [-0.1, -0.05) is 25.1 Å². The summed E-state index contributed by atoms with van der Waals surface area (Å²) in [6.07, 6.45) is 4.44. The Kier molecular flexibility index (Phi) is 5.53. The Hall–Kier alpha value is -2.56. The third-order valence-corrected chi connectivity index (χ3v) is 4.79. The summed E-state index contributed by atoms with van der Waals surface area (Å²) in [5, 5.41) is 14.9. The molecule has 0 radical (unpaired) electrons. The summed E-state index contributed by atoms with van der Waals surface area (Å²) in [6, 6.07) is 13.9. The highest BCUT2D eigenvalue weighted by Gasteiger charge is 2.21. The van der Waals surface area contributed by atoms with E-state index >= 15 is 0 Å². The first-order valence-electron chi connectivity index (χ1n) is 9.02. The van der Waals surface area contributed by atoms with Gasteiger partial charge in [0.2, 0.25) is 0 Å². The average molecular weight is 339 g/mol. The van der Waals surface area contributed by atoms with Crippen molar-refractivity contribution in [1.82, 2.24) is 0 Å². The second-order valence-corrected chi connectivity index (χ2v) is 6.53. The lowest BCUT2D eigenvalue weighted by Gasteiger charge is -2.28. The number of aryl methyl sites for hydroxylation is 1. The summed E-state index contributed by atoms with van der Waals surface area (Å²) in [5.41, 5.74) is 4.21. The van der Waals surface area contributed by atoms with Crippen molar-refractivity contribution in [3.05, 3.63) is 63.7 Å². The van der Waals surface area contributed by atoms with Crippen LogP contribution in [0.1, 0.15) is 37.3 Å². The minimum atomic E-state index is -0.260. The van der Waals surface area contributed by atoms with E-state index in [-0.39, 0.29) is 10.6 Å². The van der Waals surface area contributed by atoms with Gasteiger partial charge in [0.25, 0.3) is 5.69 Å². The van der Waals surface area contributed by atoms with Gasteiger partial charge in [-0.15, -0.1) is 0 Å². The molecule has 0 unspecified atom stereocenters. The highest BCUT2D eigenvalue weighted by atomic mass is 16.6. The van der Waals surface area contributed by atoms with E-state index < -0.39 is 0 Å². The molecule has 0 bridgehead atoms. The SMILES string of the molecule is CCc1ccc(NCc2ccc(N3CCCCC3)c([N+](=O)[O-])c2)cc1. The fourth-order valence-electron chi connectivity index (χ4n) is 3.29. The van der Waals surface area contributed by atoms with Crippen molar-refractivity contribution in [3.8, 4) is 0 Å². The number of rotatable bonds is 6. The molecular weight excluding hydrogens is 314 g/mol. The van der Waals surface area contributed by atoms with Gasteiger partial charge >= 0.3 is 0 Å². The van der Waals surface area contributed by atoms with Crippen LogP contribution in [0.5, 0.6) is 0 Å². The molecular formula is C20H25N3O2. The van der Waals surface area contributed by atoms with E-state index in [4.69, 9.17) is 0 Å². The summed E-state index contributed by atoms with van der Waals surface area (Å²) in [4.78, 5) is 13.4. The van der Waals surface area contributed by atoms with Gasteiger partial charge in [0.1, 0.15) is 5.69 Å². The number of hydrogen-bond donors (Lipinski definition) is 1. The molecule has 1 saturated heterocycles. The van der Waals surface area contributed by atoms with Crippen LogP contribution < -0.4 is 10.2 Å². The first-order chi connectivity index (χ1) is 12.2. The fraction of sp³-hybridized carbons (Fsp3) is 0.400. The van der Waals surface area contributed by atoms with Crippen molar-refractivity contribution in [2.45, 2.75) is 39.2 Å². The van der Waals surface area contributed by atoms with E-state index in [1.54, 1.807) is 6.07 Å². The number of nitro groups is 1. The smallest absolute Gasteiger partial charge is 0.292 e. The predicted molar refractivity (Wildman–Crippen MR) is 102 cm³/mol. The molecule has 1 aliphatic heterocycles. The summed E-state index contributed by atoms with van der Waals surface area (Å²) in [6.45, 7) is 4.52. The molecule has 0 amide bonds. The van der Waals surface area contributed by atoms with Gasteiger partial charge in [0.05, 0.1) is 4.92 Å². The summed E-state index contributed by atoms with van der Waals surface area (Å²) < 4.78 is 0. The number of nitro benzene ring substituents is 1. The van der Waals surface area contributed by atoms with Crippen molar-refractivity contribution in [2.75, 3.05) is 23.3 Å². The third-order valence-electron chi connectivity index (χ3n) is 4.79. The lowest BCUT2D eigenvalue weighted by Crippen LogP contribution is -2.30. The van der Waals surface area contributed by atoms with Crippen molar-refractivity contribution in [2.24, 2.45) is 0 Å². The molecule has 5 heteroatoms. The summed E-state index contributed by atoms with van der Waals surface area (Å²) >= 11 is 0. The molecule has 5 nitrogen and oxygen atoms in total. The zero-order chi connectivity index (χ0) is 17.6. The second kappa shape index (κ2) is 8.01. The molecule has 0 saturated carbocycles. The Morgan fingerprint density at radius 3 is 2.36 bits per heavy atom. The van der Waals surface area contributed by atoms with E-state index in [0.717, 1.165) is 49.3 Å². The van der Waals surface area contributed by atoms with Gasteiger partial charge in [-0.25, -0.2) is 0 Å². The number of piperidine rings is 1. The van der Waals surface area contributed by atoms with Crippen LogP contribution in [0.4, 0.5) is 17.1 Å². The van der Waals surface area contributed by atoms with Crippen LogP contribution in [0.2, 0.25) is 0 Å². The first-order valence-corrected chi connectivity index (χ1v) is 9.02. The van der Waals surface area contributed by atoms with Crippen LogP contribution in [-0.2, 0) is 13.0 Å². The van der Waals surface area contributed by atoms with Gasteiger partial charge in [-0.05, 0) is 55.0 Å². The molecule has 1 N–H and O–H groups in total. The maximum atomic E-state index is 11.5. The fourth-order valence-corrected chi connectivity index (χ4v) is 3.29. The van der Waals surface area contributed by atoms with E-state index in [0.29, 0.717) is 6.54 Å². The van der Waals surface area contributed by atoms with Crippen molar-refractivity contribution >= 4 is 17.1 Å². The molecule has 25 heavy (non-hydrogen) atoms. The molecule has 1 heterocycles. The second-order valence-electron chi connectivity index (χ2n) is 6.53. The van der Waals surface area contributed by atoms with E-state index in [9.17, 15) is 10.1 Å². The van der Waals surface area contributed by atoms with Crippen molar-refractivity contribution in [3.63, 3.8) is 0 Å². The topological polar surface area (TPSA) is 58.4 Å². The quantitative estimate of drug-likeness (QED) is 0.609. The van der Waals surface area contributed by atoms with Gasteiger partial charge in [0.15, 0.2) is 0 Å². The Bertz CT molecular complexity index is 722. The Morgan fingerprint density at radius 2 is 1.72 bits per heavy atom. The zero-order valence-corrected chi connectivity index (χ0v) is 14.7. The highest BCUT2D eigenvalue weighted by molar-refractivity contribution is 5.64. The molecule has 132 valence electrons. The van der Waals surface area contributed by atoms with E-state index in [1.165, 1.54) is 12.0 Å². The molecule has 0 aromatic heterocycles. The molecule has 1 aliphatic rings. The van der Waals surface area contributed by atoms with Crippen LogP contribution in [0.3, 0.4) is 0 Å². The van der Waals surface area contributed by atoms with Crippen LogP contribution in [0.15, 0.2) is 42.5 Å². The molecule has 0 spiro atoms. The molecule has 0 atom stereocenters. The van der Waals surface area contributed by atoms with Crippen LogP contribution >= 0.6 is 0 Å². The summed E-state index contributed by atoms with van der Waals surface area (Å²) in [5.74, 6) is 0. The van der Waals surface area contributed by atoms with E-state index in [2.05, 4.69) is 41.4 Å². The lowest BCUT2D eigenvalue weighted by molar-refractivity contribution is -0.384. The van der Waals surface area contributed by atoms with E-state index in [1.807, 2.05) is 12.1 Å². The zero-order valence-electron chi connectivity index (χ0n) is 14.7. The van der Waals surface area contributed by atoms with Crippen LogP contribution in [-0.4, -0.2) is 18.0 Å². The number of anilines is 2. The molecule has 0 aliphatic carbocycles. The maximum Gasteiger partial charge on any atom is 0.292 e. The number of benzene rings is 2. The lowest BCUT2D eigenvalue weighted by atomic mass is 10.1. The minimum absolute atomic E-state index is 0.211. The first kappa shape index (κ1) is 17.3. The van der Waals surface area contributed by atoms with Gasteiger partial charge < -0.3 is 10.2 Å². The maximum absolute atomic E-state index is 11.5. The highest BCUT2D eigenvalue weighted by Crippen LogP contribution is 2.31. The van der Waals surface area contributed by atoms with Crippen molar-refractivity contribution in [1.29, 1.82) is 0 Å². The molecule has 2 aromatic carbocycles.